The molecule has 2 amide bonds. The van der Waals surface area contributed by atoms with Crippen LogP contribution in [0.4, 0.5) is 4.39 Å². The fraction of sp³-hybridized carbons (Fsp3) is 0.391. The summed E-state index contributed by atoms with van der Waals surface area (Å²) in [5.41, 5.74) is 4.69. The first-order valence-corrected chi connectivity index (χ1v) is 14.1. The van der Waals surface area contributed by atoms with Gasteiger partial charge in [-0.2, -0.15) is 5.10 Å². The van der Waals surface area contributed by atoms with Crippen LogP contribution >= 0.6 is 56.5 Å². The number of likely N-dealkylation sites (tertiary alicyclic amines) is 1. The van der Waals surface area contributed by atoms with Gasteiger partial charge in [0.15, 0.2) is 4.18 Å². The number of nitrogens with zero attached hydrogens (tertiary/aromatic N) is 4. The Morgan fingerprint density at radius 1 is 1.34 bits per heavy atom. The van der Waals surface area contributed by atoms with Crippen molar-refractivity contribution in [3.05, 3.63) is 56.5 Å². The van der Waals surface area contributed by atoms with Crippen LogP contribution < -0.4 is 5.32 Å². The van der Waals surface area contributed by atoms with Crippen LogP contribution in [-0.2, 0) is 16.1 Å². The molecule has 1 aliphatic rings. The van der Waals surface area contributed by atoms with Gasteiger partial charge in [-0.05, 0) is 76.2 Å². The van der Waals surface area contributed by atoms with E-state index in [1.807, 2.05) is 29.8 Å². The van der Waals surface area contributed by atoms with Crippen molar-refractivity contribution >= 4 is 68.3 Å². The molecule has 4 atom stereocenters. The van der Waals surface area contributed by atoms with E-state index < -0.39 is 22.4 Å². The first kappa shape index (κ1) is 26.4. The normalized spacial score (nSPS) is 19.5. The van der Waals surface area contributed by atoms with E-state index in [0.29, 0.717) is 12.2 Å². The molecule has 0 spiro atoms. The lowest BCUT2D eigenvalue weighted by Crippen LogP contribution is -2.47. The van der Waals surface area contributed by atoms with Crippen molar-refractivity contribution in [3.8, 4) is 10.4 Å². The minimum absolute atomic E-state index is 0.0641. The summed E-state index contributed by atoms with van der Waals surface area (Å²) in [6, 6.07) is 7.96. The zero-order valence-electron chi connectivity index (χ0n) is 19.0. The number of thiazole rings is 1. The molecule has 0 saturated carbocycles. The highest BCUT2D eigenvalue weighted by Crippen LogP contribution is 2.29. The maximum atomic E-state index is 13.7. The van der Waals surface area contributed by atoms with Crippen molar-refractivity contribution in [2.75, 3.05) is 6.54 Å². The lowest BCUT2D eigenvalue weighted by atomic mass is 10.1. The third-order valence-corrected chi connectivity index (χ3v) is 8.66. The van der Waals surface area contributed by atoms with Gasteiger partial charge in [0.1, 0.15) is 21.5 Å². The fourth-order valence-electron chi connectivity index (χ4n) is 4.16. The van der Waals surface area contributed by atoms with E-state index in [9.17, 15) is 19.1 Å². The average molecular weight is 723 g/mol. The summed E-state index contributed by atoms with van der Waals surface area (Å²) < 4.78 is 14.8. The van der Waals surface area contributed by atoms with Crippen LogP contribution in [-0.4, -0.2) is 55.3 Å². The minimum Gasteiger partial charge on any atom is -0.391 e. The summed E-state index contributed by atoms with van der Waals surface area (Å²) in [6.07, 6.45) is -0.627. The number of hydrogen-bond donors (Lipinski definition) is 2. The number of aromatic nitrogens is 3. The molecule has 3 heterocycles. The summed E-state index contributed by atoms with van der Waals surface area (Å²) in [6.45, 7) is 3.79. The Kier molecular flexibility index (Phi) is 8.43. The Hall–Kier alpha value is -1.65. The number of nitrogens with one attached hydrogen (secondary N) is 1. The maximum absolute atomic E-state index is 13.7. The quantitative estimate of drug-likeness (QED) is 0.282. The van der Waals surface area contributed by atoms with Gasteiger partial charge < -0.3 is 15.3 Å². The Morgan fingerprint density at radius 2 is 2.06 bits per heavy atom. The highest BCUT2D eigenvalue weighted by Gasteiger charge is 2.41. The molecule has 0 bridgehead atoms. The van der Waals surface area contributed by atoms with E-state index in [-0.39, 0.29) is 30.5 Å². The molecule has 1 aromatic carbocycles. The number of benzene rings is 1. The number of alkyl halides is 2. The first-order chi connectivity index (χ1) is 16.7. The second-order valence-electron chi connectivity index (χ2n) is 8.41. The number of rotatable bonds is 7. The summed E-state index contributed by atoms with van der Waals surface area (Å²) in [7, 11) is 0. The van der Waals surface area contributed by atoms with Crippen LogP contribution in [0.15, 0.2) is 35.8 Å². The van der Waals surface area contributed by atoms with Crippen molar-refractivity contribution in [1.29, 1.82) is 0 Å². The number of hydrogen-bond acceptors (Lipinski definition) is 6. The predicted molar refractivity (Wildman–Crippen MR) is 148 cm³/mol. The highest BCUT2D eigenvalue weighted by atomic mass is 127. The molecule has 1 aliphatic heterocycles. The summed E-state index contributed by atoms with van der Waals surface area (Å²) >= 11 is 5.41. The van der Waals surface area contributed by atoms with Gasteiger partial charge in [-0.25, -0.2) is 9.37 Å². The minimum atomic E-state index is -1.28. The van der Waals surface area contributed by atoms with Gasteiger partial charge in [-0.3, -0.25) is 14.3 Å². The molecule has 2 unspecified atom stereocenters. The summed E-state index contributed by atoms with van der Waals surface area (Å²) in [4.78, 5) is 33.0. The zero-order chi connectivity index (χ0) is 25.3. The second-order valence-corrected chi connectivity index (χ2v) is 11.4. The molecule has 4 rings (SSSR count). The third-order valence-electron chi connectivity index (χ3n) is 5.96. The number of carbonyl (C=O) groups excluding carboxylic acids is 2. The molecular weight excluding hydrogens is 699 g/mol. The fourth-order valence-corrected chi connectivity index (χ4v) is 6.17. The zero-order valence-corrected chi connectivity index (χ0v) is 24.1. The molecule has 186 valence electrons. The van der Waals surface area contributed by atoms with Gasteiger partial charge in [0.25, 0.3) is 0 Å². The number of halogens is 3. The lowest BCUT2D eigenvalue weighted by molar-refractivity contribution is -0.141. The lowest BCUT2D eigenvalue weighted by Gasteiger charge is -2.27. The molecule has 1 saturated heterocycles. The second kappa shape index (κ2) is 11.2. The monoisotopic (exact) mass is 723 g/mol. The molecule has 0 radical (unpaired) electrons. The van der Waals surface area contributed by atoms with Crippen LogP contribution in [0.5, 0.6) is 0 Å². The van der Waals surface area contributed by atoms with Gasteiger partial charge >= 0.3 is 0 Å². The summed E-state index contributed by atoms with van der Waals surface area (Å²) in [5.74, 6) is -0.663. The standard InChI is InChI=1S/C23H24FI2N5O3S/c1-12-7-17(20(24)25)29-31(12)13(2)23(34)30-10-16(32)8-18(30)22(33)27-9-14-3-5-15(6-4-14)19-21(26)28-11-35-19/h3-7,11,13,16,18,20,32H,8-10H2,1-2H3,(H,27,33)/t13?,16-,18+,20?/m1/s1. The van der Waals surface area contributed by atoms with E-state index in [2.05, 4.69) is 38.0 Å². The molecule has 2 aromatic heterocycles. The number of β-amino-alcohol motifs (C(OH)–C–C–N with tert-alkyl or cyclic N) is 1. The number of carbonyl (C=O) groups is 2. The van der Waals surface area contributed by atoms with Gasteiger partial charge in [0, 0.05) is 25.2 Å². The highest BCUT2D eigenvalue weighted by molar-refractivity contribution is 14.1. The van der Waals surface area contributed by atoms with Crippen LogP contribution in [0.3, 0.4) is 0 Å². The van der Waals surface area contributed by atoms with Crippen molar-refractivity contribution in [2.24, 2.45) is 0 Å². The maximum Gasteiger partial charge on any atom is 0.247 e. The number of aliphatic hydroxyl groups excluding tert-OH is 1. The molecule has 2 N–H and O–H groups in total. The molecule has 1 fully saturated rings. The smallest absolute Gasteiger partial charge is 0.247 e. The van der Waals surface area contributed by atoms with Crippen LogP contribution in [0, 0.1) is 10.6 Å². The molecule has 8 nitrogen and oxygen atoms in total. The Morgan fingerprint density at radius 3 is 2.66 bits per heavy atom. The van der Waals surface area contributed by atoms with E-state index in [4.69, 9.17) is 0 Å². The summed E-state index contributed by atoms with van der Waals surface area (Å²) in [5, 5.41) is 17.3. The molecular formula is C23H24FI2N5O3S. The number of aliphatic hydroxyl groups is 1. The van der Waals surface area contributed by atoms with Gasteiger partial charge in [0.2, 0.25) is 11.8 Å². The van der Waals surface area contributed by atoms with E-state index in [0.717, 1.165) is 19.7 Å². The van der Waals surface area contributed by atoms with E-state index >= 15 is 0 Å². The van der Waals surface area contributed by atoms with E-state index in [1.54, 1.807) is 53.8 Å². The van der Waals surface area contributed by atoms with Gasteiger partial charge in [0.05, 0.1) is 16.5 Å². The van der Waals surface area contributed by atoms with Crippen LogP contribution in [0.25, 0.3) is 10.4 Å². The average Bonchev–Trinajstić information content (AvgIpc) is 3.55. The van der Waals surface area contributed by atoms with Crippen LogP contribution in [0.1, 0.15) is 40.5 Å². The SMILES string of the molecule is Cc1cc(C(F)I)nn1C(C)C(=O)N1C[C@H](O)C[C@H]1C(=O)NCc1ccc(-c2scnc2I)cc1. The van der Waals surface area contributed by atoms with Gasteiger partial charge in [-0.15, -0.1) is 11.3 Å². The Labute approximate surface area is 233 Å². The van der Waals surface area contributed by atoms with E-state index in [1.165, 1.54) is 9.58 Å². The largest absolute Gasteiger partial charge is 0.391 e. The number of amides is 2. The van der Waals surface area contributed by atoms with Crippen molar-refractivity contribution in [1.82, 2.24) is 25.0 Å². The Balaban J connectivity index is 1.41. The predicted octanol–water partition coefficient (Wildman–Crippen LogP) is 4.16. The first-order valence-electron chi connectivity index (χ1n) is 10.9. The van der Waals surface area contributed by atoms with Gasteiger partial charge in [-0.1, -0.05) is 24.3 Å². The molecule has 35 heavy (non-hydrogen) atoms. The molecule has 12 heteroatoms. The van der Waals surface area contributed by atoms with Crippen molar-refractivity contribution in [3.63, 3.8) is 0 Å². The van der Waals surface area contributed by atoms with Crippen molar-refractivity contribution in [2.45, 2.75) is 49.2 Å². The Bertz CT molecular complexity index is 1220. The third kappa shape index (κ3) is 5.85. The topological polar surface area (TPSA) is 100 Å². The van der Waals surface area contributed by atoms with Crippen LogP contribution in [0.2, 0.25) is 0 Å². The molecule has 3 aromatic rings. The number of aryl methyl sites for hydroxylation is 1. The molecule has 0 aliphatic carbocycles. The van der Waals surface area contributed by atoms with Crippen molar-refractivity contribution < 1.29 is 19.1 Å².